The molecule has 0 rings (SSSR count). The molecule has 0 fully saturated rings. The van der Waals surface area contributed by atoms with E-state index in [1.165, 1.54) is 0 Å². The topological polar surface area (TPSA) is 27.7 Å². The summed E-state index contributed by atoms with van der Waals surface area (Å²) < 4.78 is 320. The summed E-state index contributed by atoms with van der Waals surface area (Å²) in [6.45, 7) is -4.13. The van der Waals surface area contributed by atoms with Crippen LogP contribution in [0.25, 0.3) is 0 Å². The van der Waals surface area contributed by atoms with Crippen LogP contribution in [0.5, 0.6) is 0 Å². The van der Waals surface area contributed by atoms with Crippen molar-refractivity contribution in [3.05, 3.63) is 23.7 Å². The number of halogens is 24. The minimum atomic E-state index is -6.76. The van der Waals surface area contributed by atoms with Crippen LogP contribution in [0.15, 0.2) is 23.7 Å². The molecule has 47 heavy (non-hydrogen) atoms. The van der Waals surface area contributed by atoms with Crippen molar-refractivity contribution < 1.29 is 120 Å². The first-order chi connectivity index (χ1) is 20.5. The molecule has 0 aliphatic heterocycles. The predicted molar refractivity (Wildman–Crippen MR) is 101 cm³/mol. The average molecular weight is 758 g/mol. The SMILES string of the molecule is FC(OCCC=C(OC(=CCCOC(F)C(F)(F)C(F)(F)F)C(C(F)(F)F)C(F)(F)F)C(C(F)(F)F)C(F)(F)F)C(F)(F)C(F)(F)F. The molecule has 0 saturated carbocycles. The van der Waals surface area contributed by atoms with Gasteiger partial charge in [0.1, 0.15) is 11.5 Å². The van der Waals surface area contributed by atoms with Crippen LogP contribution in [0.1, 0.15) is 12.8 Å². The van der Waals surface area contributed by atoms with Gasteiger partial charge in [0, 0.05) is 0 Å². The zero-order valence-electron chi connectivity index (χ0n) is 21.6. The molecule has 0 aliphatic rings. The minimum absolute atomic E-state index is 0.806. The lowest BCUT2D eigenvalue weighted by Gasteiger charge is -2.30. The fourth-order valence-corrected chi connectivity index (χ4v) is 2.80. The normalized spacial score (nSPS) is 17.1. The van der Waals surface area contributed by atoms with Gasteiger partial charge in [0.2, 0.25) is 11.8 Å². The Morgan fingerprint density at radius 1 is 0.426 bits per heavy atom. The van der Waals surface area contributed by atoms with E-state index >= 15 is 0 Å². The monoisotopic (exact) mass is 758 g/mol. The number of rotatable bonds is 14. The van der Waals surface area contributed by atoms with E-state index in [0.717, 1.165) is 0 Å². The number of hydrogen-bond acceptors (Lipinski definition) is 3. The van der Waals surface area contributed by atoms with Gasteiger partial charge in [-0.2, -0.15) is 96.6 Å². The maximum atomic E-state index is 13.3. The van der Waals surface area contributed by atoms with Crippen LogP contribution < -0.4 is 0 Å². The Morgan fingerprint density at radius 2 is 0.660 bits per heavy atom. The summed E-state index contributed by atoms with van der Waals surface area (Å²) in [7, 11) is 0. The fraction of sp³-hybridized carbons (Fsp3) is 0.800. The Balaban J connectivity index is 6.80. The molecule has 0 bridgehead atoms. The van der Waals surface area contributed by atoms with Gasteiger partial charge in [-0.05, 0) is 25.0 Å². The standard InChI is InChI=1S/C20H14F24O3/c21-11(13(23,24)19(39,40)41)45-5-1-3-7(9(15(27,28)29)16(30,31)32)47-8(10(17(33,34)35)18(36,37)38)4-2-6-46-12(22)14(25,26)20(42,43)44/h3-4,9-12H,1-2,5-6H2. The Kier molecular flexibility index (Phi) is 14.2. The van der Waals surface area contributed by atoms with Crippen molar-refractivity contribution in [1.29, 1.82) is 0 Å². The molecule has 0 radical (unpaired) electrons. The van der Waals surface area contributed by atoms with Gasteiger partial charge < -0.3 is 14.2 Å². The number of allylic oxidation sites excluding steroid dienone is 2. The van der Waals surface area contributed by atoms with Crippen molar-refractivity contribution in [1.82, 2.24) is 0 Å². The van der Waals surface area contributed by atoms with Crippen LogP contribution in [0, 0.1) is 11.8 Å². The molecule has 280 valence electrons. The first-order valence-electron chi connectivity index (χ1n) is 11.3. The number of ether oxygens (including phenoxy) is 3. The molecule has 0 saturated heterocycles. The van der Waals surface area contributed by atoms with Crippen molar-refractivity contribution >= 4 is 0 Å². The molecule has 2 atom stereocenters. The number of hydrogen-bond donors (Lipinski definition) is 0. The summed E-state index contributed by atoms with van der Waals surface area (Å²) in [6, 6.07) is 0. The van der Waals surface area contributed by atoms with E-state index in [2.05, 4.69) is 14.2 Å². The zero-order valence-corrected chi connectivity index (χ0v) is 21.6. The van der Waals surface area contributed by atoms with E-state index < -0.39 is 123 Å². The van der Waals surface area contributed by atoms with Crippen LogP contribution in [0.4, 0.5) is 105 Å². The van der Waals surface area contributed by atoms with Crippen LogP contribution >= 0.6 is 0 Å². The Morgan fingerprint density at radius 3 is 0.851 bits per heavy atom. The lowest BCUT2D eigenvalue weighted by atomic mass is 10.0. The van der Waals surface area contributed by atoms with E-state index in [1.807, 2.05) is 0 Å². The molecule has 3 nitrogen and oxygen atoms in total. The highest BCUT2D eigenvalue weighted by molar-refractivity contribution is 5.14. The summed E-state index contributed by atoms with van der Waals surface area (Å²) in [4.78, 5) is 0. The molecule has 0 aliphatic carbocycles. The first kappa shape index (κ1) is 44.5. The summed E-state index contributed by atoms with van der Waals surface area (Å²) in [5.41, 5.74) is 0. The van der Waals surface area contributed by atoms with E-state index in [0.29, 0.717) is 0 Å². The smallest absolute Gasteiger partial charge is 0.459 e. The predicted octanol–water partition coefficient (Wildman–Crippen LogP) is 10.1. The lowest BCUT2D eigenvalue weighted by molar-refractivity contribution is -0.340. The summed E-state index contributed by atoms with van der Waals surface area (Å²) in [5.74, 6) is -29.3. The van der Waals surface area contributed by atoms with Crippen molar-refractivity contribution in [2.75, 3.05) is 13.2 Å². The highest BCUT2D eigenvalue weighted by Gasteiger charge is 2.66. The molecule has 0 N–H and O–H groups in total. The third kappa shape index (κ3) is 12.5. The Hall–Kier alpha value is -2.48. The van der Waals surface area contributed by atoms with Gasteiger partial charge in [-0.25, -0.2) is 8.78 Å². The van der Waals surface area contributed by atoms with Crippen LogP contribution in [0.2, 0.25) is 0 Å². The average Bonchev–Trinajstić information content (AvgIpc) is 2.78. The Labute approximate surface area is 244 Å². The quantitative estimate of drug-likeness (QED) is 0.100. The molecule has 0 aromatic carbocycles. The highest BCUT2D eigenvalue weighted by atomic mass is 19.4. The van der Waals surface area contributed by atoms with Gasteiger partial charge in [0.25, 0.3) is 12.7 Å². The van der Waals surface area contributed by atoms with Crippen molar-refractivity contribution in [2.45, 2.75) is 74.5 Å². The van der Waals surface area contributed by atoms with Gasteiger partial charge in [0.05, 0.1) is 13.2 Å². The minimum Gasteiger partial charge on any atom is -0.465 e. The van der Waals surface area contributed by atoms with Crippen LogP contribution in [-0.4, -0.2) is 74.8 Å². The van der Waals surface area contributed by atoms with Crippen molar-refractivity contribution in [3.8, 4) is 0 Å². The maximum absolute atomic E-state index is 13.3. The van der Waals surface area contributed by atoms with Gasteiger partial charge in [-0.1, -0.05) is 0 Å². The van der Waals surface area contributed by atoms with Gasteiger partial charge in [-0.15, -0.1) is 0 Å². The lowest BCUT2D eigenvalue weighted by Crippen LogP contribution is -2.46. The molecule has 0 aromatic rings. The highest BCUT2D eigenvalue weighted by Crippen LogP contribution is 2.49. The van der Waals surface area contributed by atoms with Crippen LogP contribution in [-0.2, 0) is 14.2 Å². The molecule has 0 amide bonds. The third-order valence-electron chi connectivity index (χ3n) is 4.90. The van der Waals surface area contributed by atoms with Crippen molar-refractivity contribution in [3.63, 3.8) is 0 Å². The number of alkyl halides is 24. The fourth-order valence-electron chi connectivity index (χ4n) is 2.80. The van der Waals surface area contributed by atoms with Gasteiger partial charge >= 0.3 is 48.9 Å². The molecule has 27 heteroatoms. The second kappa shape index (κ2) is 15.0. The molecule has 0 aromatic heterocycles. The molecular weight excluding hydrogens is 744 g/mol. The maximum Gasteiger partial charge on any atom is 0.459 e. The summed E-state index contributed by atoms with van der Waals surface area (Å²) in [5, 5.41) is 0. The van der Waals surface area contributed by atoms with E-state index in [9.17, 15) is 105 Å². The second-order valence-corrected chi connectivity index (χ2v) is 8.54. The molecule has 0 spiro atoms. The van der Waals surface area contributed by atoms with E-state index in [1.54, 1.807) is 0 Å². The van der Waals surface area contributed by atoms with Crippen molar-refractivity contribution in [2.24, 2.45) is 11.8 Å². The van der Waals surface area contributed by atoms with Crippen LogP contribution in [0.3, 0.4) is 0 Å². The van der Waals surface area contributed by atoms with Gasteiger partial charge in [-0.3, -0.25) is 0 Å². The molecule has 2 unspecified atom stereocenters. The van der Waals surface area contributed by atoms with Gasteiger partial charge in [0.15, 0.2) is 0 Å². The zero-order chi connectivity index (χ0) is 37.8. The first-order valence-corrected chi connectivity index (χ1v) is 11.3. The Bertz CT molecular complexity index is 931. The summed E-state index contributed by atoms with van der Waals surface area (Å²) in [6.07, 6.45) is -55.3. The molecular formula is C20H14F24O3. The third-order valence-corrected chi connectivity index (χ3v) is 4.90. The largest absolute Gasteiger partial charge is 0.465 e. The molecule has 0 heterocycles. The second-order valence-electron chi connectivity index (χ2n) is 8.54. The van der Waals surface area contributed by atoms with E-state index in [-0.39, 0.29) is 0 Å². The summed E-state index contributed by atoms with van der Waals surface area (Å²) >= 11 is 0. The van der Waals surface area contributed by atoms with E-state index in [4.69, 9.17) is 0 Å².